The molecule has 2 aromatic rings. The maximum atomic E-state index is 12.9. The molecule has 0 radical (unpaired) electrons. The van der Waals surface area contributed by atoms with Crippen LogP contribution in [0.5, 0.6) is 0 Å². The Kier molecular flexibility index (Phi) is 4.88. The monoisotopic (exact) mass is 304 g/mol. The minimum atomic E-state index is -0.483. The van der Waals surface area contributed by atoms with Crippen molar-refractivity contribution in [3.8, 4) is 11.8 Å². The maximum absolute atomic E-state index is 12.9. The Morgan fingerprint density at radius 1 is 1.38 bits per heavy atom. The lowest BCUT2D eigenvalue weighted by atomic mass is 10.2. The number of aliphatic hydroxyl groups excluding tert-OH is 1. The van der Waals surface area contributed by atoms with E-state index < -0.39 is 11.7 Å². The summed E-state index contributed by atoms with van der Waals surface area (Å²) in [6, 6.07) is 6.78. The first-order valence-corrected chi connectivity index (χ1v) is 6.30. The maximum Gasteiger partial charge on any atom is 0.274 e. The predicted molar refractivity (Wildman–Crippen MR) is 77.6 cm³/mol. The summed E-state index contributed by atoms with van der Waals surface area (Å²) in [5, 5.41) is 11.2. The second-order valence-corrected chi connectivity index (χ2v) is 4.38. The minimum absolute atomic E-state index is 0.105. The third-order valence-electron chi connectivity index (χ3n) is 2.49. The Morgan fingerprint density at radius 3 is 2.81 bits per heavy atom. The van der Waals surface area contributed by atoms with Crippen molar-refractivity contribution in [2.24, 2.45) is 0 Å². The topological polar surface area (TPSA) is 62.2 Å². The van der Waals surface area contributed by atoms with E-state index in [-0.39, 0.29) is 17.3 Å². The second kappa shape index (κ2) is 6.84. The Hall–Kier alpha value is -2.42. The van der Waals surface area contributed by atoms with Crippen LogP contribution in [-0.2, 0) is 0 Å². The molecule has 0 saturated carbocycles. The lowest BCUT2D eigenvalue weighted by Gasteiger charge is -2.06. The van der Waals surface area contributed by atoms with Crippen molar-refractivity contribution in [2.45, 2.75) is 0 Å². The minimum Gasteiger partial charge on any atom is -0.384 e. The van der Waals surface area contributed by atoms with Gasteiger partial charge in [-0.05, 0) is 30.3 Å². The van der Waals surface area contributed by atoms with Crippen LogP contribution in [0.2, 0.25) is 5.02 Å². The molecule has 106 valence electrons. The largest absolute Gasteiger partial charge is 0.384 e. The quantitative estimate of drug-likeness (QED) is 0.838. The van der Waals surface area contributed by atoms with Gasteiger partial charge in [0.05, 0.1) is 10.7 Å². The molecule has 2 N–H and O–H groups in total. The number of nitrogens with one attached hydrogen (secondary N) is 1. The highest BCUT2D eigenvalue weighted by atomic mass is 35.5. The fourth-order valence-corrected chi connectivity index (χ4v) is 1.74. The molecule has 0 fully saturated rings. The van der Waals surface area contributed by atoms with Crippen LogP contribution in [0.25, 0.3) is 0 Å². The van der Waals surface area contributed by atoms with Gasteiger partial charge in [0.25, 0.3) is 5.91 Å². The molecule has 0 atom stereocenters. The summed E-state index contributed by atoms with van der Waals surface area (Å²) in [6.07, 6.45) is 1.42. The van der Waals surface area contributed by atoms with Crippen LogP contribution in [0.1, 0.15) is 16.1 Å². The lowest BCUT2D eigenvalue weighted by molar-refractivity contribution is 0.102. The van der Waals surface area contributed by atoms with E-state index in [0.29, 0.717) is 11.3 Å². The van der Waals surface area contributed by atoms with Crippen LogP contribution >= 0.6 is 11.6 Å². The molecule has 0 aliphatic rings. The van der Waals surface area contributed by atoms with Crippen LogP contribution < -0.4 is 5.32 Å². The van der Waals surface area contributed by atoms with Crippen molar-refractivity contribution in [2.75, 3.05) is 11.9 Å². The number of carbonyl (C=O) groups is 1. The van der Waals surface area contributed by atoms with Gasteiger partial charge in [0.15, 0.2) is 0 Å². The highest BCUT2D eigenvalue weighted by Gasteiger charge is 2.10. The van der Waals surface area contributed by atoms with Crippen molar-refractivity contribution in [1.29, 1.82) is 0 Å². The number of aliphatic hydroxyl groups is 1. The number of benzene rings is 1. The number of amides is 1. The number of carbonyl (C=O) groups excluding carboxylic acids is 1. The van der Waals surface area contributed by atoms with Gasteiger partial charge in [-0.2, -0.15) is 0 Å². The number of aromatic nitrogens is 1. The van der Waals surface area contributed by atoms with Gasteiger partial charge in [0, 0.05) is 11.8 Å². The van der Waals surface area contributed by atoms with Gasteiger partial charge in [-0.25, -0.2) is 9.37 Å². The Labute approximate surface area is 125 Å². The third-order valence-corrected chi connectivity index (χ3v) is 2.80. The van der Waals surface area contributed by atoms with Crippen LogP contribution in [0, 0.1) is 17.7 Å². The van der Waals surface area contributed by atoms with Crippen LogP contribution in [0.3, 0.4) is 0 Å². The summed E-state index contributed by atoms with van der Waals surface area (Å²) in [4.78, 5) is 15.9. The average molecular weight is 305 g/mol. The van der Waals surface area contributed by atoms with Gasteiger partial charge < -0.3 is 10.4 Å². The molecule has 1 aromatic carbocycles. The summed E-state index contributed by atoms with van der Waals surface area (Å²) < 4.78 is 12.9. The molecule has 0 aliphatic carbocycles. The normalized spacial score (nSPS) is 9.67. The number of hydrogen-bond acceptors (Lipinski definition) is 3. The molecule has 1 heterocycles. The lowest BCUT2D eigenvalue weighted by Crippen LogP contribution is -2.13. The number of halogens is 2. The fraction of sp³-hybridized carbons (Fsp3) is 0.0667. The Balaban J connectivity index is 2.13. The first kappa shape index (κ1) is 15.0. The van der Waals surface area contributed by atoms with E-state index in [9.17, 15) is 9.18 Å². The van der Waals surface area contributed by atoms with Crippen molar-refractivity contribution < 1.29 is 14.3 Å². The summed E-state index contributed by atoms with van der Waals surface area (Å²) in [5.41, 5.74) is 1.05. The summed E-state index contributed by atoms with van der Waals surface area (Å²) in [7, 11) is 0. The van der Waals surface area contributed by atoms with Gasteiger partial charge in [0.2, 0.25) is 0 Å². The first-order valence-electron chi connectivity index (χ1n) is 5.92. The van der Waals surface area contributed by atoms with Gasteiger partial charge in [-0.15, -0.1) is 0 Å². The van der Waals surface area contributed by atoms with Crippen LogP contribution in [0.15, 0.2) is 36.5 Å². The molecule has 0 spiro atoms. The summed E-state index contributed by atoms with van der Waals surface area (Å²) >= 11 is 5.83. The zero-order valence-electron chi connectivity index (χ0n) is 10.7. The standard InChI is InChI=1S/C15H10ClFN2O2/c16-12-8-11(17)4-6-13(12)19-15(21)14-5-3-10(9-18-14)2-1-7-20/h3-6,8-9,20H,7H2,(H,19,21). The van der Waals surface area contributed by atoms with E-state index in [2.05, 4.69) is 22.1 Å². The molecular formula is C15H10ClFN2O2. The van der Waals surface area contributed by atoms with Crippen molar-refractivity contribution in [3.05, 3.63) is 58.6 Å². The summed E-state index contributed by atoms with van der Waals surface area (Å²) in [5.74, 6) is 4.20. The second-order valence-electron chi connectivity index (χ2n) is 3.97. The number of anilines is 1. The smallest absolute Gasteiger partial charge is 0.274 e. The van der Waals surface area contributed by atoms with Gasteiger partial charge >= 0.3 is 0 Å². The van der Waals surface area contributed by atoms with E-state index in [1.807, 2.05) is 0 Å². The molecule has 6 heteroatoms. The van der Waals surface area contributed by atoms with Gasteiger partial charge in [0.1, 0.15) is 18.1 Å². The Morgan fingerprint density at radius 2 is 2.19 bits per heavy atom. The molecule has 0 saturated heterocycles. The van der Waals surface area contributed by atoms with Crippen molar-refractivity contribution >= 4 is 23.2 Å². The molecular weight excluding hydrogens is 295 g/mol. The van der Waals surface area contributed by atoms with E-state index in [4.69, 9.17) is 16.7 Å². The summed E-state index contributed by atoms with van der Waals surface area (Å²) in [6.45, 7) is -0.245. The van der Waals surface area contributed by atoms with Crippen LogP contribution in [-0.4, -0.2) is 22.6 Å². The molecule has 2 rings (SSSR count). The molecule has 21 heavy (non-hydrogen) atoms. The van der Waals surface area contributed by atoms with E-state index in [1.165, 1.54) is 24.4 Å². The number of rotatable bonds is 2. The highest BCUT2D eigenvalue weighted by molar-refractivity contribution is 6.33. The van der Waals surface area contributed by atoms with E-state index in [1.54, 1.807) is 6.07 Å². The number of pyridine rings is 1. The predicted octanol–water partition coefficient (Wildman–Crippen LogP) is 2.47. The third kappa shape index (κ3) is 4.02. The zero-order valence-corrected chi connectivity index (χ0v) is 11.5. The first-order chi connectivity index (χ1) is 10.1. The van der Waals surface area contributed by atoms with Gasteiger partial charge in [-0.1, -0.05) is 23.4 Å². The molecule has 0 unspecified atom stereocenters. The van der Waals surface area contributed by atoms with E-state index >= 15 is 0 Å². The zero-order chi connectivity index (χ0) is 15.2. The van der Waals surface area contributed by atoms with E-state index in [0.717, 1.165) is 6.07 Å². The Bertz CT molecular complexity index is 721. The molecule has 4 nitrogen and oxygen atoms in total. The van der Waals surface area contributed by atoms with Crippen molar-refractivity contribution in [3.63, 3.8) is 0 Å². The molecule has 0 aliphatic heterocycles. The number of hydrogen-bond donors (Lipinski definition) is 2. The van der Waals surface area contributed by atoms with Crippen molar-refractivity contribution in [1.82, 2.24) is 4.98 Å². The van der Waals surface area contributed by atoms with Gasteiger partial charge in [-0.3, -0.25) is 4.79 Å². The average Bonchev–Trinajstić information content (AvgIpc) is 2.48. The van der Waals surface area contributed by atoms with Crippen LogP contribution in [0.4, 0.5) is 10.1 Å². The SMILES string of the molecule is O=C(Nc1ccc(F)cc1Cl)c1ccc(C#CCO)cn1. The molecule has 0 bridgehead atoms. The fourth-order valence-electron chi connectivity index (χ4n) is 1.52. The molecule has 1 aromatic heterocycles. The number of nitrogens with zero attached hydrogens (tertiary/aromatic N) is 1. The highest BCUT2D eigenvalue weighted by Crippen LogP contribution is 2.22. The molecule has 1 amide bonds.